The van der Waals surface area contributed by atoms with E-state index in [-0.39, 0.29) is 24.9 Å². The molecule has 1 aliphatic heterocycles. The number of carbonyl (C=O) groups excluding carboxylic acids is 3. The van der Waals surface area contributed by atoms with Crippen molar-refractivity contribution in [2.75, 3.05) is 11.9 Å². The highest BCUT2D eigenvalue weighted by Gasteiger charge is 2.37. The monoisotopic (exact) mass is 437 g/mol. The lowest BCUT2D eigenvalue weighted by molar-refractivity contribution is -0.128. The fourth-order valence-corrected chi connectivity index (χ4v) is 3.70. The second-order valence-corrected chi connectivity index (χ2v) is 9.18. The van der Waals surface area contributed by atoms with E-state index in [2.05, 4.69) is 10.6 Å². The van der Waals surface area contributed by atoms with Crippen molar-refractivity contribution in [3.63, 3.8) is 0 Å². The molecule has 32 heavy (non-hydrogen) atoms. The molecule has 0 saturated carbocycles. The summed E-state index contributed by atoms with van der Waals surface area (Å²) in [4.78, 5) is 39.7. The first-order chi connectivity index (χ1) is 15.0. The Kier molecular flexibility index (Phi) is 6.87. The predicted molar refractivity (Wildman–Crippen MR) is 123 cm³/mol. The van der Waals surface area contributed by atoms with Crippen LogP contribution in [0.3, 0.4) is 0 Å². The van der Waals surface area contributed by atoms with Crippen LogP contribution < -0.4 is 10.6 Å². The lowest BCUT2D eigenvalue weighted by Gasteiger charge is -2.36. The molecular formula is C25H31N3O4. The summed E-state index contributed by atoms with van der Waals surface area (Å²) in [6.07, 6.45) is -0.188. The maximum absolute atomic E-state index is 13.0. The van der Waals surface area contributed by atoms with Crippen LogP contribution in [-0.4, -0.2) is 41.0 Å². The number of fused-ring (bicyclic) bond motifs is 1. The van der Waals surface area contributed by atoms with Crippen LogP contribution in [-0.2, 0) is 27.3 Å². The Morgan fingerprint density at radius 1 is 1.06 bits per heavy atom. The molecule has 1 unspecified atom stereocenters. The summed E-state index contributed by atoms with van der Waals surface area (Å²) in [5.41, 5.74) is 4.07. The zero-order valence-corrected chi connectivity index (χ0v) is 19.3. The van der Waals surface area contributed by atoms with Gasteiger partial charge in [0.25, 0.3) is 0 Å². The van der Waals surface area contributed by atoms with Crippen LogP contribution in [0.5, 0.6) is 0 Å². The van der Waals surface area contributed by atoms with E-state index in [4.69, 9.17) is 4.74 Å². The largest absolute Gasteiger partial charge is 0.444 e. The van der Waals surface area contributed by atoms with Crippen LogP contribution in [0.4, 0.5) is 10.5 Å². The molecule has 3 amide bonds. The smallest absolute Gasteiger partial charge is 0.411 e. The molecule has 170 valence electrons. The zero-order chi connectivity index (χ0) is 23.5. The van der Waals surface area contributed by atoms with Gasteiger partial charge in [-0.3, -0.25) is 14.5 Å². The second kappa shape index (κ2) is 9.42. The summed E-state index contributed by atoms with van der Waals surface area (Å²) >= 11 is 0. The van der Waals surface area contributed by atoms with Crippen molar-refractivity contribution in [2.45, 2.75) is 59.2 Å². The van der Waals surface area contributed by atoms with Gasteiger partial charge >= 0.3 is 6.09 Å². The first-order valence-corrected chi connectivity index (χ1v) is 10.7. The van der Waals surface area contributed by atoms with Gasteiger partial charge in [0.05, 0.1) is 13.1 Å². The van der Waals surface area contributed by atoms with Gasteiger partial charge in [-0.05, 0) is 57.4 Å². The molecule has 0 aromatic heterocycles. The van der Waals surface area contributed by atoms with Crippen LogP contribution in [0.15, 0.2) is 42.5 Å². The number of rotatable bonds is 4. The highest BCUT2D eigenvalue weighted by atomic mass is 16.6. The zero-order valence-electron chi connectivity index (χ0n) is 19.3. The van der Waals surface area contributed by atoms with Crippen LogP contribution in [0, 0.1) is 13.8 Å². The number of nitrogens with one attached hydrogen (secondary N) is 2. The van der Waals surface area contributed by atoms with Gasteiger partial charge in [0.1, 0.15) is 11.6 Å². The van der Waals surface area contributed by atoms with Gasteiger partial charge < -0.3 is 15.4 Å². The van der Waals surface area contributed by atoms with E-state index in [1.165, 1.54) is 4.90 Å². The normalized spacial score (nSPS) is 15.5. The van der Waals surface area contributed by atoms with Gasteiger partial charge in [0, 0.05) is 12.1 Å². The van der Waals surface area contributed by atoms with Gasteiger partial charge in [-0.25, -0.2) is 4.79 Å². The number of carbonyl (C=O) groups is 3. The molecule has 0 radical (unpaired) electrons. The quantitative estimate of drug-likeness (QED) is 0.763. The molecular weight excluding hydrogens is 406 g/mol. The number of hydrogen-bond donors (Lipinski definition) is 2. The number of benzene rings is 2. The fraction of sp³-hybridized carbons (Fsp3) is 0.400. The number of aryl methyl sites for hydroxylation is 2. The highest BCUT2D eigenvalue weighted by molar-refractivity contribution is 5.96. The van der Waals surface area contributed by atoms with Crippen molar-refractivity contribution in [1.82, 2.24) is 10.2 Å². The molecule has 0 bridgehead atoms. The lowest BCUT2D eigenvalue weighted by Crippen LogP contribution is -2.54. The SMILES string of the molecule is Cc1ccc(NC(=O)CNC(=O)C2Cc3ccccc3CN2C(=O)OC(C)(C)C)c(C)c1. The second-order valence-electron chi connectivity index (χ2n) is 9.18. The van der Waals surface area contributed by atoms with E-state index in [1.54, 1.807) is 20.8 Å². The first kappa shape index (κ1) is 23.3. The summed E-state index contributed by atoms with van der Waals surface area (Å²) in [5.74, 6) is -0.716. The van der Waals surface area contributed by atoms with Gasteiger partial charge in [0.15, 0.2) is 0 Å². The van der Waals surface area contributed by atoms with Crippen molar-refractivity contribution >= 4 is 23.6 Å². The summed E-state index contributed by atoms with van der Waals surface area (Å²) < 4.78 is 5.53. The number of nitrogens with zero attached hydrogens (tertiary/aromatic N) is 1. The molecule has 0 fully saturated rings. The molecule has 7 heteroatoms. The summed E-state index contributed by atoms with van der Waals surface area (Å²) in [5, 5.41) is 5.50. The minimum Gasteiger partial charge on any atom is -0.444 e. The average molecular weight is 438 g/mol. The maximum Gasteiger partial charge on any atom is 0.411 e. The Hall–Kier alpha value is -3.35. The van der Waals surface area contributed by atoms with Crippen molar-refractivity contribution < 1.29 is 19.1 Å². The molecule has 2 aromatic carbocycles. The molecule has 0 aliphatic carbocycles. The topological polar surface area (TPSA) is 87.7 Å². The Bertz CT molecular complexity index is 1030. The van der Waals surface area contributed by atoms with E-state index >= 15 is 0 Å². The van der Waals surface area contributed by atoms with E-state index in [0.717, 1.165) is 22.3 Å². The molecule has 7 nitrogen and oxygen atoms in total. The number of ether oxygens (including phenoxy) is 1. The number of anilines is 1. The third-order valence-corrected chi connectivity index (χ3v) is 5.26. The number of amides is 3. The van der Waals surface area contributed by atoms with Crippen LogP contribution >= 0.6 is 0 Å². The van der Waals surface area contributed by atoms with E-state index < -0.39 is 17.7 Å². The Morgan fingerprint density at radius 2 is 1.75 bits per heavy atom. The molecule has 0 spiro atoms. The van der Waals surface area contributed by atoms with E-state index in [1.807, 2.05) is 56.3 Å². The number of hydrogen-bond acceptors (Lipinski definition) is 4. The maximum atomic E-state index is 13.0. The van der Waals surface area contributed by atoms with Gasteiger partial charge in [-0.2, -0.15) is 0 Å². The van der Waals surface area contributed by atoms with Gasteiger partial charge in [-0.1, -0.05) is 42.0 Å². The summed E-state index contributed by atoms with van der Waals surface area (Å²) in [6, 6.07) is 12.7. The first-order valence-electron chi connectivity index (χ1n) is 10.7. The van der Waals surface area contributed by atoms with Crippen molar-refractivity contribution in [1.29, 1.82) is 0 Å². The van der Waals surface area contributed by atoms with Crippen LogP contribution in [0.2, 0.25) is 0 Å². The molecule has 1 atom stereocenters. The fourth-order valence-electron chi connectivity index (χ4n) is 3.70. The molecule has 2 N–H and O–H groups in total. The van der Waals surface area contributed by atoms with Crippen LogP contribution in [0.1, 0.15) is 43.0 Å². The Morgan fingerprint density at radius 3 is 2.41 bits per heavy atom. The van der Waals surface area contributed by atoms with Gasteiger partial charge in [-0.15, -0.1) is 0 Å². The van der Waals surface area contributed by atoms with Crippen molar-refractivity contribution in [3.8, 4) is 0 Å². The predicted octanol–water partition coefficient (Wildman–Crippen LogP) is 3.72. The standard InChI is InChI=1S/C25H31N3O4/c1-16-10-11-20(17(2)12-16)27-22(29)14-26-23(30)21-13-18-8-6-7-9-19(18)15-28(21)24(31)32-25(3,4)5/h6-12,21H,13-15H2,1-5H3,(H,26,30)(H,27,29). The van der Waals surface area contributed by atoms with Gasteiger partial charge in [0.2, 0.25) is 11.8 Å². The molecule has 3 rings (SSSR count). The summed E-state index contributed by atoms with van der Waals surface area (Å²) in [6.45, 7) is 9.35. The summed E-state index contributed by atoms with van der Waals surface area (Å²) in [7, 11) is 0. The highest BCUT2D eigenvalue weighted by Crippen LogP contribution is 2.25. The van der Waals surface area contributed by atoms with Crippen molar-refractivity contribution in [2.24, 2.45) is 0 Å². The molecule has 2 aromatic rings. The van der Waals surface area contributed by atoms with E-state index in [9.17, 15) is 14.4 Å². The third-order valence-electron chi connectivity index (χ3n) is 5.26. The lowest BCUT2D eigenvalue weighted by atomic mass is 9.94. The minimum atomic E-state index is -0.756. The minimum absolute atomic E-state index is 0.188. The Balaban J connectivity index is 1.69. The van der Waals surface area contributed by atoms with Crippen LogP contribution in [0.25, 0.3) is 0 Å². The molecule has 1 aliphatic rings. The average Bonchev–Trinajstić information content (AvgIpc) is 2.72. The third kappa shape index (κ3) is 5.87. The van der Waals surface area contributed by atoms with E-state index in [0.29, 0.717) is 12.1 Å². The molecule has 0 saturated heterocycles. The van der Waals surface area contributed by atoms with Crippen molar-refractivity contribution in [3.05, 3.63) is 64.7 Å². The Labute approximate surface area is 189 Å². The molecule has 1 heterocycles.